The van der Waals surface area contributed by atoms with Crippen LogP contribution in [0.15, 0.2) is 53.2 Å². The summed E-state index contributed by atoms with van der Waals surface area (Å²) in [5.41, 5.74) is 1.36. The van der Waals surface area contributed by atoms with Gasteiger partial charge in [0.2, 0.25) is 0 Å². The van der Waals surface area contributed by atoms with Gasteiger partial charge in [0.05, 0.1) is 11.6 Å². The van der Waals surface area contributed by atoms with E-state index in [0.29, 0.717) is 21.9 Å². The molecule has 0 saturated carbocycles. The van der Waals surface area contributed by atoms with Gasteiger partial charge in [-0.25, -0.2) is 4.99 Å². The third-order valence-corrected chi connectivity index (χ3v) is 2.75. The average Bonchev–Trinajstić information content (AvgIpc) is 2.50. The summed E-state index contributed by atoms with van der Waals surface area (Å²) in [6.45, 7) is 3.71. The van der Waals surface area contributed by atoms with Crippen molar-refractivity contribution < 1.29 is 4.79 Å². The predicted octanol–water partition coefficient (Wildman–Crippen LogP) is 4.64. The highest BCUT2D eigenvalue weighted by molar-refractivity contribution is 6.64. The maximum Gasteiger partial charge on any atom is 0.194 e. The molecule has 21 heavy (non-hydrogen) atoms. The minimum atomic E-state index is -0.180. The molecule has 3 nitrogen and oxygen atoms in total. The molecule has 0 heterocycles. The number of hydrogen-bond acceptors (Lipinski definition) is 3. The van der Waals surface area contributed by atoms with Gasteiger partial charge in [0, 0.05) is 17.3 Å². The minimum absolute atomic E-state index is 0.180. The second kappa shape index (κ2) is 8.89. The number of allylic oxidation sites excluding steroid dienone is 3. The third-order valence-electron chi connectivity index (χ3n) is 2.65. The van der Waals surface area contributed by atoms with Gasteiger partial charge >= 0.3 is 0 Å². The van der Waals surface area contributed by atoms with Crippen LogP contribution in [0.2, 0.25) is 0 Å². The number of carbonyl (C=O) groups is 1. The average molecular weight is 301 g/mol. The van der Waals surface area contributed by atoms with Gasteiger partial charge in [0.1, 0.15) is 5.17 Å². The zero-order chi connectivity index (χ0) is 15.7. The molecule has 0 fully saturated rings. The van der Waals surface area contributed by atoms with Crippen molar-refractivity contribution in [3.8, 4) is 6.07 Å². The first-order valence-electron chi connectivity index (χ1n) is 6.70. The monoisotopic (exact) mass is 300 g/mol. The SMILES string of the molecule is CCC/C=C/C(=C\N=C(C)Cl)C(=O)c1cccc(C#N)c1. The lowest BCUT2D eigenvalue weighted by Crippen LogP contribution is -2.02. The van der Waals surface area contributed by atoms with Crippen LogP contribution in [-0.2, 0) is 0 Å². The van der Waals surface area contributed by atoms with E-state index in [0.717, 1.165) is 12.8 Å². The van der Waals surface area contributed by atoms with E-state index < -0.39 is 0 Å². The van der Waals surface area contributed by atoms with Gasteiger partial charge in [-0.05, 0) is 25.5 Å². The molecule has 0 bridgehead atoms. The van der Waals surface area contributed by atoms with E-state index in [4.69, 9.17) is 16.9 Å². The Balaban J connectivity index is 3.12. The topological polar surface area (TPSA) is 53.2 Å². The lowest BCUT2D eigenvalue weighted by molar-refractivity contribution is 0.103. The Bertz CT molecular complexity index is 632. The normalized spacial score (nSPS) is 12.5. The van der Waals surface area contributed by atoms with E-state index in [1.54, 1.807) is 37.3 Å². The number of carbonyl (C=O) groups excluding carboxylic acids is 1. The van der Waals surface area contributed by atoms with E-state index in [9.17, 15) is 4.79 Å². The van der Waals surface area contributed by atoms with E-state index >= 15 is 0 Å². The number of rotatable bonds is 6. The Hall–Kier alpha value is -2.18. The highest BCUT2D eigenvalue weighted by Gasteiger charge is 2.10. The number of nitriles is 1. The number of hydrogen-bond donors (Lipinski definition) is 0. The fraction of sp³-hybridized carbons (Fsp3) is 0.235. The summed E-state index contributed by atoms with van der Waals surface area (Å²) in [5.74, 6) is -0.180. The number of aliphatic imine (C=N–C) groups is 1. The van der Waals surface area contributed by atoms with Crippen molar-refractivity contribution in [2.24, 2.45) is 4.99 Å². The van der Waals surface area contributed by atoms with Crippen molar-refractivity contribution in [2.45, 2.75) is 26.7 Å². The molecule has 1 aromatic rings. The van der Waals surface area contributed by atoms with Gasteiger partial charge in [0.15, 0.2) is 5.78 Å². The second-order valence-corrected chi connectivity index (χ2v) is 4.97. The van der Waals surface area contributed by atoms with Crippen molar-refractivity contribution in [1.29, 1.82) is 5.26 Å². The molecule has 0 N–H and O–H groups in total. The van der Waals surface area contributed by atoms with Crippen LogP contribution in [0.1, 0.15) is 42.6 Å². The third kappa shape index (κ3) is 5.76. The Morgan fingerprint density at radius 1 is 1.48 bits per heavy atom. The van der Waals surface area contributed by atoms with Crippen LogP contribution in [0, 0.1) is 11.3 Å². The summed E-state index contributed by atoms with van der Waals surface area (Å²) in [4.78, 5) is 16.5. The maximum atomic E-state index is 12.5. The van der Waals surface area contributed by atoms with E-state index in [-0.39, 0.29) is 5.78 Å². The van der Waals surface area contributed by atoms with Crippen LogP contribution in [-0.4, -0.2) is 11.0 Å². The Kier molecular flexibility index (Phi) is 7.14. The standard InChI is InChI=1S/C17H17ClN2O/c1-3-4-5-8-16(12-20-13(2)18)17(21)15-9-6-7-14(10-15)11-19/h5-10,12H,3-4H2,1-2H3/b8-5+,16-12+,20-13?. The molecule has 0 aliphatic heterocycles. The summed E-state index contributed by atoms with van der Waals surface area (Å²) in [6.07, 6.45) is 7.01. The Morgan fingerprint density at radius 3 is 2.86 bits per heavy atom. The van der Waals surface area contributed by atoms with Crippen LogP contribution < -0.4 is 0 Å². The van der Waals surface area contributed by atoms with Gasteiger partial charge < -0.3 is 0 Å². The lowest BCUT2D eigenvalue weighted by atomic mass is 10.0. The molecule has 0 unspecified atom stereocenters. The number of benzene rings is 1. The molecule has 0 aliphatic rings. The Labute approximate surface area is 130 Å². The quantitative estimate of drug-likeness (QED) is 0.332. The van der Waals surface area contributed by atoms with Gasteiger partial charge in [-0.2, -0.15) is 5.26 Å². The lowest BCUT2D eigenvalue weighted by Gasteiger charge is -2.02. The molecular formula is C17H17ClN2O. The summed E-state index contributed by atoms with van der Waals surface area (Å²) in [7, 11) is 0. The van der Waals surface area contributed by atoms with Gasteiger partial charge in [-0.15, -0.1) is 0 Å². The van der Waals surface area contributed by atoms with Crippen LogP contribution >= 0.6 is 11.6 Å². The Morgan fingerprint density at radius 2 is 2.24 bits per heavy atom. The first kappa shape index (κ1) is 16.9. The highest BCUT2D eigenvalue weighted by Crippen LogP contribution is 2.13. The van der Waals surface area contributed by atoms with Crippen molar-refractivity contribution >= 4 is 22.6 Å². The second-order valence-electron chi connectivity index (χ2n) is 4.42. The summed E-state index contributed by atoms with van der Waals surface area (Å²) in [5, 5.41) is 9.26. The van der Waals surface area contributed by atoms with Gasteiger partial charge in [0.25, 0.3) is 0 Å². The van der Waals surface area contributed by atoms with Crippen LogP contribution in [0.4, 0.5) is 0 Å². The molecule has 0 amide bonds. The van der Waals surface area contributed by atoms with Crippen LogP contribution in [0.25, 0.3) is 0 Å². The number of halogens is 1. The van der Waals surface area contributed by atoms with E-state index in [1.165, 1.54) is 6.20 Å². The molecule has 1 aromatic carbocycles. The van der Waals surface area contributed by atoms with Gasteiger partial charge in [-0.1, -0.05) is 49.2 Å². The number of ketones is 1. The van der Waals surface area contributed by atoms with Crippen molar-refractivity contribution in [3.05, 3.63) is 59.3 Å². The predicted molar refractivity (Wildman–Crippen MR) is 86.6 cm³/mol. The number of nitrogens with zero attached hydrogens (tertiary/aromatic N) is 2. The van der Waals surface area contributed by atoms with Crippen LogP contribution in [0.5, 0.6) is 0 Å². The molecular weight excluding hydrogens is 284 g/mol. The first-order valence-corrected chi connectivity index (χ1v) is 7.07. The van der Waals surface area contributed by atoms with Gasteiger partial charge in [-0.3, -0.25) is 4.79 Å². The van der Waals surface area contributed by atoms with Crippen molar-refractivity contribution in [3.63, 3.8) is 0 Å². The fourth-order valence-corrected chi connectivity index (χ4v) is 1.66. The molecule has 0 aromatic heterocycles. The molecule has 0 radical (unpaired) electrons. The summed E-state index contributed by atoms with van der Waals surface area (Å²) < 4.78 is 0. The number of Topliss-reactive ketones (excluding diaryl/α,β-unsaturated/α-hetero) is 1. The van der Waals surface area contributed by atoms with Crippen molar-refractivity contribution in [2.75, 3.05) is 0 Å². The largest absolute Gasteiger partial charge is 0.289 e. The molecule has 0 atom stereocenters. The zero-order valence-corrected chi connectivity index (χ0v) is 12.9. The summed E-state index contributed by atoms with van der Waals surface area (Å²) >= 11 is 5.71. The molecule has 0 spiro atoms. The fourth-order valence-electron chi connectivity index (χ4n) is 1.61. The van der Waals surface area contributed by atoms with Crippen molar-refractivity contribution in [1.82, 2.24) is 0 Å². The molecule has 0 saturated heterocycles. The smallest absolute Gasteiger partial charge is 0.194 e. The van der Waals surface area contributed by atoms with Crippen LogP contribution in [0.3, 0.4) is 0 Å². The number of unbranched alkanes of at least 4 members (excludes halogenated alkanes) is 1. The molecule has 108 valence electrons. The van der Waals surface area contributed by atoms with E-state index in [2.05, 4.69) is 11.9 Å². The highest BCUT2D eigenvalue weighted by atomic mass is 35.5. The molecule has 4 heteroatoms. The summed E-state index contributed by atoms with van der Waals surface area (Å²) in [6, 6.07) is 8.63. The van der Waals surface area contributed by atoms with E-state index in [1.807, 2.05) is 12.1 Å². The zero-order valence-electron chi connectivity index (χ0n) is 12.1. The maximum absolute atomic E-state index is 12.5. The first-order chi connectivity index (χ1) is 10.1. The minimum Gasteiger partial charge on any atom is -0.289 e. The molecule has 0 aliphatic carbocycles. The molecule has 1 rings (SSSR count).